The number of aliphatic hydroxyl groups is 1. The van der Waals surface area contributed by atoms with Crippen molar-refractivity contribution in [3.8, 4) is 11.1 Å². The molecule has 28 heavy (non-hydrogen) atoms. The van der Waals surface area contributed by atoms with Crippen LogP contribution < -0.4 is 0 Å². The molecule has 0 amide bonds. The lowest BCUT2D eigenvalue weighted by atomic mass is 9.80. The molecule has 2 aromatic carbocycles. The maximum Gasteiger partial charge on any atom is 0.173 e. The number of Topliss-reactive ketones (excluding diaryl/α,β-unsaturated/α-hetero) is 1. The highest BCUT2D eigenvalue weighted by atomic mass is 35.5. The summed E-state index contributed by atoms with van der Waals surface area (Å²) in [6, 6.07) is 11.4. The zero-order valence-electron chi connectivity index (χ0n) is 15.4. The van der Waals surface area contributed by atoms with E-state index in [2.05, 4.69) is 6.92 Å². The third-order valence-electron chi connectivity index (χ3n) is 6.40. The average molecular weight is 415 g/mol. The number of hydrogen-bond acceptors (Lipinski definition) is 3. The Balaban J connectivity index is 1.64. The van der Waals surface area contributed by atoms with Crippen LogP contribution in [0.3, 0.4) is 0 Å². The quantitative estimate of drug-likeness (QED) is 0.682. The van der Waals surface area contributed by atoms with Crippen molar-refractivity contribution in [2.45, 2.75) is 38.4 Å². The van der Waals surface area contributed by atoms with E-state index in [1.807, 2.05) is 24.3 Å². The van der Waals surface area contributed by atoms with Gasteiger partial charge in [-0.05, 0) is 54.2 Å². The van der Waals surface area contributed by atoms with E-state index in [9.17, 15) is 9.90 Å². The van der Waals surface area contributed by atoms with Gasteiger partial charge in [-0.15, -0.1) is 0 Å². The van der Waals surface area contributed by atoms with E-state index in [1.165, 1.54) is 0 Å². The molecule has 1 aliphatic carbocycles. The van der Waals surface area contributed by atoms with Crippen molar-refractivity contribution in [2.24, 2.45) is 11.8 Å². The molecule has 3 nitrogen and oxygen atoms in total. The molecular weight excluding hydrogens is 395 g/mol. The van der Waals surface area contributed by atoms with Crippen LogP contribution in [0.5, 0.6) is 0 Å². The maximum atomic E-state index is 13.3. The normalized spacial score (nSPS) is 28.3. The van der Waals surface area contributed by atoms with Gasteiger partial charge in [0, 0.05) is 15.6 Å². The van der Waals surface area contributed by atoms with E-state index in [0.29, 0.717) is 15.6 Å². The number of hydrogen-bond donors (Lipinski definition) is 1. The highest BCUT2D eigenvalue weighted by molar-refractivity contribution is 6.36. The van der Waals surface area contributed by atoms with Crippen molar-refractivity contribution in [2.75, 3.05) is 0 Å². The number of ketones is 1. The predicted molar refractivity (Wildman–Crippen MR) is 111 cm³/mol. The van der Waals surface area contributed by atoms with Crippen LogP contribution >= 0.6 is 23.2 Å². The van der Waals surface area contributed by atoms with Crippen molar-refractivity contribution in [1.29, 1.82) is 0 Å². The van der Waals surface area contributed by atoms with Gasteiger partial charge in [0.2, 0.25) is 0 Å². The van der Waals surface area contributed by atoms with Gasteiger partial charge in [0.25, 0.3) is 0 Å². The SMILES string of the molecule is CCc1ccc(-c2ccc(Cl)cc2Cl)cc1C1=C(O)C2C3CCC(O3)[C@@H]2C1=O. The Kier molecular flexibility index (Phi) is 4.31. The zero-order chi connectivity index (χ0) is 19.6. The molecule has 0 saturated carbocycles. The minimum atomic E-state index is -0.235. The molecule has 2 aromatic rings. The first-order chi connectivity index (χ1) is 13.5. The van der Waals surface area contributed by atoms with Crippen LogP contribution in [0.4, 0.5) is 0 Å². The van der Waals surface area contributed by atoms with Crippen molar-refractivity contribution in [1.82, 2.24) is 0 Å². The standard InChI is InChI=1S/C23H20Cl2O3/c1-2-11-3-4-12(14-6-5-13(24)10-16(14)25)9-15(11)19-22(26)20-17-7-8-18(28-17)21(20)23(19)27/h3-6,9-10,17-18,20-21,26H,2,7-8H2,1H3/t17?,18?,20?,21-/m0/s1. The second-order valence-corrected chi connectivity index (χ2v) is 8.66. The van der Waals surface area contributed by atoms with Crippen LogP contribution in [0.1, 0.15) is 30.9 Å². The first-order valence-electron chi connectivity index (χ1n) is 9.71. The summed E-state index contributed by atoms with van der Waals surface area (Å²) in [5.74, 6) is -0.199. The van der Waals surface area contributed by atoms with Gasteiger partial charge in [0.05, 0.1) is 29.6 Å². The van der Waals surface area contributed by atoms with Crippen LogP contribution in [0, 0.1) is 11.8 Å². The second-order valence-electron chi connectivity index (χ2n) is 7.82. The van der Waals surface area contributed by atoms with Gasteiger partial charge in [-0.1, -0.05) is 48.3 Å². The second kappa shape index (κ2) is 6.62. The number of benzene rings is 2. The molecule has 0 aromatic heterocycles. The largest absolute Gasteiger partial charge is 0.511 e. The molecule has 2 saturated heterocycles. The lowest BCUT2D eigenvalue weighted by Gasteiger charge is -2.19. The number of carbonyl (C=O) groups excluding carboxylic acids is 1. The average Bonchev–Trinajstić information content (AvgIpc) is 3.35. The van der Waals surface area contributed by atoms with E-state index in [-0.39, 0.29) is 35.6 Å². The Morgan fingerprint density at radius 3 is 2.46 bits per heavy atom. The summed E-state index contributed by atoms with van der Waals surface area (Å²) in [5, 5.41) is 12.1. The highest BCUT2D eigenvalue weighted by Gasteiger charge is 2.59. The number of ether oxygens (including phenoxy) is 1. The van der Waals surface area contributed by atoms with Gasteiger partial charge in [0.15, 0.2) is 5.78 Å². The van der Waals surface area contributed by atoms with Crippen LogP contribution in [-0.2, 0) is 16.0 Å². The van der Waals surface area contributed by atoms with Crippen molar-refractivity contribution >= 4 is 34.6 Å². The Bertz CT molecular complexity index is 1030. The third kappa shape index (κ3) is 2.57. The molecule has 1 N–H and O–H groups in total. The monoisotopic (exact) mass is 414 g/mol. The molecule has 3 unspecified atom stereocenters. The van der Waals surface area contributed by atoms with E-state index in [0.717, 1.165) is 41.5 Å². The van der Waals surface area contributed by atoms with Gasteiger partial charge >= 0.3 is 0 Å². The summed E-state index contributed by atoms with van der Waals surface area (Å²) in [7, 11) is 0. The fourth-order valence-corrected chi connectivity index (χ4v) is 5.61. The first kappa shape index (κ1) is 18.2. The summed E-state index contributed by atoms with van der Waals surface area (Å²) in [4.78, 5) is 13.3. The minimum Gasteiger partial charge on any atom is -0.511 e. The molecule has 4 atom stereocenters. The summed E-state index contributed by atoms with van der Waals surface area (Å²) in [6.07, 6.45) is 2.50. The molecule has 0 radical (unpaired) electrons. The smallest absolute Gasteiger partial charge is 0.173 e. The Hall–Kier alpha value is -1.81. The predicted octanol–water partition coefficient (Wildman–Crippen LogP) is 5.87. The van der Waals surface area contributed by atoms with Crippen LogP contribution in [-0.4, -0.2) is 23.1 Å². The van der Waals surface area contributed by atoms with Gasteiger partial charge in [0.1, 0.15) is 5.76 Å². The van der Waals surface area contributed by atoms with E-state index < -0.39 is 0 Å². The number of fused-ring (bicyclic) bond motifs is 5. The number of aryl methyl sites for hydroxylation is 1. The minimum absolute atomic E-state index is 0.0174. The van der Waals surface area contributed by atoms with Crippen molar-refractivity contribution in [3.63, 3.8) is 0 Å². The fourth-order valence-electron chi connectivity index (χ4n) is 5.10. The number of allylic oxidation sites excluding steroid dienone is 1. The molecule has 2 aliphatic heterocycles. The number of carbonyl (C=O) groups is 1. The summed E-state index contributed by atoms with van der Waals surface area (Å²) in [5.41, 5.74) is 4.07. The first-order valence-corrected chi connectivity index (χ1v) is 10.5. The lowest BCUT2D eigenvalue weighted by molar-refractivity contribution is -0.118. The molecule has 2 heterocycles. The summed E-state index contributed by atoms with van der Waals surface area (Å²) < 4.78 is 5.90. The highest BCUT2D eigenvalue weighted by Crippen LogP contribution is 2.54. The van der Waals surface area contributed by atoms with Gasteiger partial charge in [-0.2, -0.15) is 0 Å². The third-order valence-corrected chi connectivity index (χ3v) is 6.94. The van der Waals surface area contributed by atoms with Crippen molar-refractivity contribution < 1.29 is 14.6 Å². The van der Waals surface area contributed by atoms with E-state index >= 15 is 0 Å². The van der Waals surface area contributed by atoms with Crippen LogP contribution in [0.15, 0.2) is 42.2 Å². The van der Waals surface area contributed by atoms with Crippen molar-refractivity contribution in [3.05, 3.63) is 63.3 Å². The fraction of sp³-hybridized carbons (Fsp3) is 0.348. The molecule has 2 bridgehead atoms. The van der Waals surface area contributed by atoms with Crippen LogP contribution in [0.25, 0.3) is 16.7 Å². The summed E-state index contributed by atoms with van der Waals surface area (Å²) in [6.45, 7) is 2.05. The topological polar surface area (TPSA) is 46.5 Å². The van der Waals surface area contributed by atoms with E-state index in [1.54, 1.807) is 12.1 Å². The Morgan fingerprint density at radius 1 is 1.04 bits per heavy atom. The van der Waals surface area contributed by atoms with Crippen LogP contribution in [0.2, 0.25) is 10.0 Å². The molecule has 5 heteroatoms. The van der Waals surface area contributed by atoms with Gasteiger partial charge in [-0.25, -0.2) is 0 Å². The molecule has 5 rings (SSSR count). The lowest BCUT2D eigenvalue weighted by Crippen LogP contribution is -2.29. The molecular formula is C23H20Cl2O3. The summed E-state index contributed by atoms with van der Waals surface area (Å²) >= 11 is 12.4. The Labute approximate surface area is 173 Å². The maximum absolute atomic E-state index is 13.3. The number of aliphatic hydroxyl groups excluding tert-OH is 1. The molecule has 2 fully saturated rings. The number of rotatable bonds is 3. The molecule has 144 valence electrons. The van der Waals surface area contributed by atoms with E-state index in [4.69, 9.17) is 27.9 Å². The molecule has 0 spiro atoms. The number of halogens is 2. The Morgan fingerprint density at radius 2 is 1.79 bits per heavy atom. The van der Waals surface area contributed by atoms with Gasteiger partial charge in [-0.3, -0.25) is 4.79 Å². The zero-order valence-corrected chi connectivity index (χ0v) is 16.9. The van der Waals surface area contributed by atoms with Gasteiger partial charge < -0.3 is 9.84 Å². The molecule has 3 aliphatic rings.